The summed E-state index contributed by atoms with van der Waals surface area (Å²) in [6.45, 7) is 11.2. The molecule has 1 N–H and O–H groups in total. The zero-order valence-electron chi connectivity index (χ0n) is 13.8. The van der Waals surface area contributed by atoms with E-state index in [0.717, 1.165) is 6.42 Å². The second kappa shape index (κ2) is 6.56. The third kappa shape index (κ3) is 4.98. The fourth-order valence-electron chi connectivity index (χ4n) is 2.54. The van der Waals surface area contributed by atoms with Gasteiger partial charge in [0.25, 0.3) is 0 Å². The van der Waals surface area contributed by atoms with Gasteiger partial charge in [0.05, 0.1) is 5.69 Å². The van der Waals surface area contributed by atoms with Gasteiger partial charge in [-0.3, -0.25) is 4.68 Å². The first-order valence-electron chi connectivity index (χ1n) is 7.41. The van der Waals surface area contributed by atoms with E-state index in [1.165, 1.54) is 36.2 Å². The normalized spacial score (nSPS) is 13.8. The summed E-state index contributed by atoms with van der Waals surface area (Å²) in [5, 5.41) is 7.96. The van der Waals surface area contributed by atoms with E-state index in [9.17, 15) is 0 Å². The van der Waals surface area contributed by atoms with Crippen molar-refractivity contribution in [2.45, 2.75) is 66.3 Å². The number of hydrogen-bond acceptors (Lipinski definition) is 2. The number of nitrogens with zero attached hydrogens (tertiary/aromatic N) is 2. The average Bonchev–Trinajstić information content (AvgIpc) is 2.53. The topological polar surface area (TPSA) is 29.9 Å². The molecule has 0 aliphatic heterocycles. The van der Waals surface area contributed by atoms with Crippen LogP contribution >= 0.6 is 0 Å². The molecule has 19 heavy (non-hydrogen) atoms. The van der Waals surface area contributed by atoms with E-state index in [-0.39, 0.29) is 0 Å². The van der Waals surface area contributed by atoms with Gasteiger partial charge in [-0.05, 0) is 57.6 Å². The van der Waals surface area contributed by atoms with Crippen LogP contribution in [0, 0.1) is 19.3 Å². The molecule has 0 saturated carbocycles. The fourth-order valence-corrected chi connectivity index (χ4v) is 2.54. The van der Waals surface area contributed by atoms with Crippen LogP contribution in [-0.4, -0.2) is 22.9 Å². The molecule has 1 aromatic rings. The molecule has 0 amide bonds. The summed E-state index contributed by atoms with van der Waals surface area (Å²) >= 11 is 0. The van der Waals surface area contributed by atoms with E-state index in [1.54, 1.807) is 0 Å². The van der Waals surface area contributed by atoms with Gasteiger partial charge in [0.15, 0.2) is 0 Å². The van der Waals surface area contributed by atoms with Crippen LogP contribution in [0.15, 0.2) is 0 Å². The smallest absolute Gasteiger partial charge is 0.0628 e. The van der Waals surface area contributed by atoms with Crippen molar-refractivity contribution >= 4 is 0 Å². The maximum atomic E-state index is 4.50. The third-order valence-corrected chi connectivity index (χ3v) is 4.05. The molecule has 0 aliphatic carbocycles. The number of aromatic nitrogens is 2. The summed E-state index contributed by atoms with van der Waals surface area (Å²) in [5.41, 5.74) is 4.35. The summed E-state index contributed by atoms with van der Waals surface area (Å²) in [6, 6.07) is 0.609. The molecule has 1 unspecified atom stereocenters. The summed E-state index contributed by atoms with van der Waals surface area (Å²) in [4.78, 5) is 0. The monoisotopic (exact) mass is 265 g/mol. The Labute approximate surface area is 118 Å². The maximum Gasteiger partial charge on any atom is 0.0628 e. The number of rotatable bonds is 6. The van der Waals surface area contributed by atoms with Crippen LogP contribution in [0.25, 0.3) is 0 Å². The molecule has 3 nitrogen and oxygen atoms in total. The largest absolute Gasteiger partial charge is 0.317 e. The Hall–Kier alpha value is -0.830. The summed E-state index contributed by atoms with van der Waals surface area (Å²) in [7, 11) is 4.11. The second-order valence-electron chi connectivity index (χ2n) is 6.90. The number of nitrogens with one attached hydrogen (secondary N) is 1. The van der Waals surface area contributed by atoms with Gasteiger partial charge in [0, 0.05) is 18.8 Å². The van der Waals surface area contributed by atoms with Crippen molar-refractivity contribution in [2.75, 3.05) is 7.05 Å². The van der Waals surface area contributed by atoms with E-state index in [1.807, 2.05) is 11.7 Å². The van der Waals surface area contributed by atoms with Crippen LogP contribution < -0.4 is 5.32 Å². The SMILES string of the molecule is CNC(CCc1c(C)nn(C)c1C)CCC(C)(C)C. The van der Waals surface area contributed by atoms with Gasteiger partial charge in [-0.15, -0.1) is 0 Å². The Bertz CT molecular complexity index is 399. The van der Waals surface area contributed by atoms with Gasteiger partial charge in [-0.1, -0.05) is 20.8 Å². The molecule has 0 aliphatic rings. The molecule has 1 heterocycles. The molecule has 0 fully saturated rings. The van der Waals surface area contributed by atoms with Gasteiger partial charge in [-0.25, -0.2) is 0 Å². The Balaban J connectivity index is 2.53. The molecule has 0 bridgehead atoms. The fraction of sp³-hybridized carbons (Fsp3) is 0.812. The maximum absolute atomic E-state index is 4.50. The highest BCUT2D eigenvalue weighted by molar-refractivity contribution is 5.24. The first-order valence-corrected chi connectivity index (χ1v) is 7.41. The minimum Gasteiger partial charge on any atom is -0.317 e. The molecule has 0 aromatic carbocycles. The third-order valence-electron chi connectivity index (χ3n) is 4.05. The summed E-state index contributed by atoms with van der Waals surface area (Å²) in [6.07, 6.45) is 4.84. The van der Waals surface area contributed by atoms with Crippen LogP contribution in [0.5, 0.6) is 0 Å². The zero-order chi connectivity index (χ0) is 14.6. The van der Waals surface area contributed by atoms with E-state index < -0.39 is 0 Å². The molecule has 110 valence electrons. The predicted octanol–water partition coefficient (Wildman–Crippen LogP) is 3.38. The van der Waals surface area contributed by atoms with Crippen molar-refractivity contribution in [3.8, 4) is 0 Å². The molecule has 3 heteroatoms. The van der Waals surface area contributed by atoms with Crippen LogP contribution in [0.1, 0.15) is 57.0 Å². The average molecular weight is 265 g/mol. The quantitative estimate of drug-likeness (QED) is 0.854. The second-order valence-corrected chi connectivity index (χ2v) is 6.90. The molecule has 0 saturated heterocycles. The van der Waals surface area contributed by atoms with Crippen molar-refractivity contribution in [3.05, 3.63) is 17.0 Å². The van der Waals surface area contributed by atoms with E-state index in [2.05, 4.69) is 52.1 Å². The lowest BCUT2D eigenvalue weighted by molar-refractivity contribution is 0.329. The van der Waals surface area contributed by atoms with Crippen molar-refractivity contribution in [2.24, 2.45) is 12.5 Å². The summed E-state index contributed by atoms with van der Waals surface area (Å²) < 4.78 is 1.99. The summed E-state index contributed by atoms with van der Waals surface area (Å²) in [5.74, 6) is 0. The standard InChI is InChI=1S/C16H31N3/c1-12-15(13(2)19(7)18-12)9-8-14(17-6)10-11-16(3,4)5/h14,17H,8-11H2,1-7H3. The Kier molecular flexibility index (Phi) is 5.60. The van der Waals surface area contributed by atoms with Crippen molar-refractivity contribution in [1.29, 1.82) is 0 Å². The molecule has 0 spiro atoms. The highest BCUT2D eigenvalue weighted by atomic mass is 15.3. The molecular weight excluding hydrogens is 234 g/mol. The van der Waals surface area contributed by atoms with Crippen LogP contribution in [-0.2, 0) is 13.5 Å². The van der Waals surface area contributed by atoms with E-state index in [0.29, 0.717) is 11.5 Å². The van der Waals surface area contributed by atoms with Gasteiger partial charge in [-0.2, -0.15) is 5.10 Å². The van der Waals surface area contributed by atoms with Gasteiger partial charge in [0.2, 0.25) is 0 Å². The van der Waals surface area contributed by atoms with E-state index >= 15 is 0 Å². The molecule has 1 rings (SSSR count). The van der Waals surface area contributed by atoms with Crippen molar-refractivity contribution < 1.29 is 0 Å². The Morgan fingerprint density at radius 2 is 1.84 bits per heavy atom. The Morgan fingerprint density at radius 1 is 1.21 bits per heavy atom. The van der Waals surface area contributed by atoms with Crippen molar-refractivity contribution in [1.82, 2.24) is 15.1 Å². The van der Waals surface area contributed by atoms with Gasteiger partial charge in [0.1, 0.15) is 0 Å². The number of hydrogen-bond donors (Lipinski definition) is 1. The highest BCUT2D eigenvalue weighted by Gasteiger charge is 2.16. The van der Waals surface area contributed by atoms with Gasteiger partial charge < -0.3 is 5.32 Å². The lowest BCUT2D eigenvalue weighted by Gasteiger charge is -2.23. The number of aryl methyl sites for hydroxylation is 2. The van der Waals surface area contributed by atoms with Crippen LogP contribution in [0.3, 0.4) is 0 Å². The lowest BCUT2D eigenvalue weighted by atomic mass is 9.87. The predicted molar refractivity (Wildman–Crippen MR) is 82.5 cm³/mol. The van der Waals surface area contributed by atoms with Crippen molar-refractivity contribution in [3.63, 3.8) is 0 Å². The highest BCUT2D eigenvalue weighted by Crippen LogP contribution is 2.23. The molecule has 0 radical (unpaired) electrons. The molecule has 1 atom stereocenters. The van der Waals surface area contributed by atoms with Crippen LogP contribution in [0.2, 0.25) is 0 Å². The lowest BCUT2D eigenvalue weighted by Crippen LogP contribution is -2.27. The Morgan fingerprint density at radius 3 is 2.26 bits per heavy atom. The molecular formula is C16H31N3. The van der Waals surface area contributed by atoms with Gasteiger partial charge >= 0.3 is 0 Å². The zero-order valence-corrected chi connectivity index (χ0v) is 13.8. The minimum absolute atomic E-state index is 0.426. The molecule has 1 aromatic heterocycles. The first kappa shape index (κ1) is 16.2. The minimum atomic E-state index is 0.426. The first-order chi connectivity index (χ1) is 8.74. The van der Waals surface area contributed by atoms with Crippen LogP contribution in [0.4, 0.5) is 0 Å². The van der Waals surface area contributed by atoms with E-state index in [4.69, 9.17) is 0 Å².